The zero-order chi connectivity index (χ0) is 20.1. The fourth-order valence-corrected chi connectivity index (χ4v) is 3.19. The Morgan fingerprint density at radius 1 is 1.18 bits per heavy atom. The van der Waals surface area contributed by atoms with E-state index >= 15 is 0 Å². The van der Waals surface area contributed by atoms with Gasteiger partial charge in [0.15, 0.2) is 0 Å². The van der Waals surface area contributed by atoms with E-state index in [0.717, 1.165) is 22.5 Å². The van der Waals surface area contributed by atoms with Gasteiger partial charge in [-0.1, -0.05) is 48.0 Å². The number of rotatable bonds is 6. The summed E-state index contributed by atoms with van der Waals surface area (Å²) >= 11 is 5.96. The Bertz CT molecular complexity index is 992. The second-order valence-electron chi connectivity index (χ2n) is 6.48. The van der Waals surface area contributed by atoms with Crippen molar-refractivity contribution in [1.82, 2.24) is 15.1 Å². The molecule has 0 aliphatic rings. The molecule has 144 valence electrons. The predicted molar refractivity (Wildman–Crippen MR) is 110 cm³/mol. The Morgan fingerprint density at radius 3 is 2.64 bits per heavy atom. The summed E-state index contributed by atoms with van der Waals surface area (Å²) in [6.07, 6.45) is 2.66. The van der Waals surface area contributed by atoms with Crippen LogP contribution < -0.4 is 5.32 Å². The van der Waals surface area contributed by atoms with E-state index in [1.807, 2.05) is 36.7 Å². The molecule has 0 fully saturated rings. The SMILES string of the molecule is Cc1nn(Cc2ccccc2)c(C)c1CNC(=O)/C=C/c1c(F)cccc1Cl. The molecule has 0 saturated heterocycles. The Balaban J connectivity index is 1.66. The fraction of sp³-hybridized carbons (Fsp3) is 0.182. The lowest BCUT2D eigenvalue weighted by atomic mass is 10.2. The smallest absolute Gasteiger partial charge is 0.244 e. The summed E-state index contributed by atoms with van der Waals surface area (Å²) in [5.74, 6) is -0.792. The van der Waals surface area contributed by atoms with Gasteiger partial charge in [0.05, 0.1) is 17.3 Å². The number of halogens is 2. The average Bonchev–Trinajstić information content (AvgIpc) is 2.93. The highest BCUT2D eigenvalue weighted by molar-refractivity contribution is 6.32. The summed E-state index contributed by atoms with van der Waals surface area (Å²) in [5, 5.41) is 7.66. The topological polar surface area (TPSA) is 46.9 Å². The maximum atomic E-state index is 13.8. The molecule has 28 heavy (non-hydrogen) atoms. The van der Waals surface area contributed by atoms with Crippen LogP contribution in [0, 0.1) is 19.7 Å². The van der Waals surface area contributed by atoms with Crippen molar-refractivity contribution in [3.8, 4) is 0 Å². The van der Waals surface area contributed by atoms with Crippen LogP contribution in [0.1, 0.15) is 28.1 Å². The van der Waals surface area contributed by atoms with E-state index in [9.17, 15) is 9.18 Å². The molecule has 3 rings (SSSR count). The third-order valence-corrected chi connectivity index (χ3v) is 4.88. The molecule has 0 spiro atoms. The van der Waals surface area contributed by atoms with Crippen molar-refractivity contribution in [1.29, 1.82) is 0 Å². The highest BCUT2D eigenvalue weighted by Gasteiger charge is 2.12. The van der Waals surface area contributed by atoms with Crippen molar-refractivity contribution in [2.45, 2.75) is 26.9 Å². The Hall–Kier alpha value is -2.92. The van der Waals surface area contributed by atoms with E-state index in [1.54, 1.807) is 6.07 Å². The highest BCUT2D eigenvalue weighted by atomic mass is 35.5. The average molecular weight is 398 g/mol. The van der Waals surface area contributed by atoms with Crippen LogP contribution in [0.3, 0.4) is 0 Å². The molecule has 0 saturated carbocycles. The lowest BCUT2D eigenvalue weighted by Gasteiger charge is -2.06. The van der Waals surface area contributed by atoms with Crippen molar-refractivity contribution in [2.24, 2.45) is 0 Å². The predicted octanol–water partition coefficient (Wildman–Crippen LogP) is 4.67. The molecular weight excluding hydrogens is 377 g/mol. The summed E-state index contributed by atoms with van der Waals surface area (Å²) in [6.45, 7) is 4.93. The van der Waals surface area contributed by atoms with Crippen molar-refractivity contribution in [2.75, 3.05) is 0 Å². The molecule has 0 unspecified atom stereocenters. The van der Waals surface area contributed by atoms with Crippen LogP contribution in [0.2, 0.25) is 5.02 Å². The van der Waals surface area contributed by atoms with Gasteiger partial charge in [-0.25, -0.2) is 4.39 Å². The maximum absolute atomic E-state index is 13.8. The number of hydrogen-bond donors (Lipinski definition) is 1. The van der Waals surface area contributed by atoms with Crippen LogP contribution in [0.5, 0.6) is 0 Å². The maximum Gasteiger partial charge on any atom is 0.244 e. The van der Waals surface area contributed by atoms with Gasteiger partial charge < -0.3 is 5.32 Å². The first-order valence-electron chi connectivity index (χ1n) is 8.92. The van der Waals surface area contributed by atoms with Crippen molar-refractivity contribution >= 4 is 23.6 Å². The highest BCUT2D eigenvalue weighted by Crippen LogP contribution is 2.20. The van der Waals surface area contributed by atoms with Gasteiger partial charge >= 0.3 is 0 Å². The van der Waals surface area contributed by atoms with Crippen LogP contribution in [0.15, 0.2) is 54.6 Å². The first-order chi connectivity index (χ1) is 13.5. The largest absolute Gasteiger partial charge is 0.348 e. The lowest BCUT2D eigenvalue weighted by molar-refractivity contribution is -0.116. The van der Waals surface area contributed by atoms with Crippen LogP contribution in [-0.2, 0) is 17.9 Å². The first-order valence-corrected chi connectivity index (χ1v) is 9.30. The van der Waals surface area contributed by atoms with E-state index in [1.165, 1.54) is 24.3 Å². The van der Waals surface area contributed by atoms with Gasteiger partial charge in [-0.05, 0) is 37.6 Å². The van der Waals surface area contributed by atoms with Crippen LogP contribution in [0.4, 0.5) is 4.39 Å². The molecule has 4 nitrogen and oxygen atoms in total. The van der Waals surface area contributed by atoms with E-state index in [-0.39, 0.29) is 16.5 Å². The standard InChI is InChI=1S/C22H21ClFN3O/c1-15-19(16(2)27(26-15)14-17-7-4-3-5-8-17)13-25-22(28)12-11-18-20(23)9-6-10-21(18)24/h3-12H,13-14H2,1-2H3,(H,25,28)/b12-11+. The number of amides is 1. The normalized spacial score (nSPS) is 11.1. The molecule has 3 aromatic rings. The Morgan fingerprint density at radius 2 is 1.93 bits per heavy atom. The molecule has 1 amide bonds. The van der Waals surface area contributed by atoms with Crippen LogP contribution in [0.25, 0.3) is 6.08 Å². The minimum Gasteiger partial charge on any atom is -0.348 e. The van der Waals surface area contributed by atoms with Gasteiger partial charge in [0.25, 0.3) is 0 Å². The number of nitrogens with zero attached hydrogens (tertiary/aromatic N) is 2. The molecule has 2 aromatic carbocycles. The van der Waals surface area contributed by atoms with E-state index in [0.29, 0.717) is 13.1 Å². The lowest BCUT2D eigenvalue weighted by Crippen LogP contribution is -2.21. The van der Waals surface area contributed by atoms with E-state index < -0.39 is 5.82 Å². The van der Waals surface area contributed by atoms with Gasteiger partial charge in [-0.3, -0.25) is 9.48 Å². The van der Waals surface area contributed by atoms with Crippen LogP contribution >= 0.6 is 11.6 Å². The minimum absolute atomic E-state index is 0.197. The van der Waals surface area contributed by atoms with Gasteiger partial charge in [0.1, 0.15) is 5.82 Å². The molecule has 0 aliphatic carbocycles. The van der Waals surface area contributed by atoms with Gasteiger partial charge in [-0.2, -0.15) is 5.10 Å². The third kappa shape index (κ3) is 4.67. The van der Waals surface area contributed by atoms with E-state index in [4.69, 9.17) is 11.6 Å². The zero-order valence-electron chi connectivity index (χ0n) is 15.7. The number of nitrogens with one attached hydrogen (secondary N) is 1. The van der Waals surface area contributed by atoms with Crippen molar-refractivity contribution in [3.05, 3.63) is 93.5 Å². The summed E-state index contributed by atoms with van der Waals surface area (Å²) in [6, 6.07) is 14.5. The molecule has 0 bridgehead atoms. The van der Waals surface area contributed by atoms with Crippen molar-refractivity contribution in [3.63, 3.8) is 0 Å². The molecule has 0 radical (unpaired) electrons. The number of benzene rings is 2. The third-order valence-electron chi connectivity index (χ3n) is 4.55. The fourth-order valence-electron chi connectivity index (χ4n) is 2.96. The Labute approximate surface area is 168 Å². The molecule has 1 heterocycles. The number of aryl methyl sites for hydroxylation is 1. The molecule has 6 heteroatoms. The molecular formula is C22H21ClFN3O. The van der Waals surface area contributed by atoms with E-state index in [2.05, 4.69) is 22.5 Å². The number of carbonyl (C=O) groups is 1. The van der Waals surface area contributed by atoms with Gasteiger partial charge in [0, 0.05) is 29.4 Å². The molecule has 0 atom stereocenters. The quantitative estimate of drug-likeness (QED) is 0.614. The van der Waals surface area contributed by atoms with Crippen LogP contribution in [-0.4, -0.2) is 15.7 Å². The monoisotopic (exact) mass is 397 g/mol. The molecule has 1 N–H and O–H groups in total. The summed E-state index contributed by atoms with van der Waals surface area (Å²) in [5.41, 5.74) is 4.20. The number of carbonyl (C=O) groups excluding carboxylic acids is 1. The second kappa shape index (κ2) is 8.85. The van der Waals surface area contributed by atoms with Gasteiger partial charge in [0.2, 0.25) is 5.91 Å². The molecule has 1 aromatic heterocycles. The first kappa shape index (κ1) is 19.8. The number of hydrogen-bond acceptors (Lipinski definition) is 2. The summed E-state index contributed by atoms with van der Waals surface area (Å²) < 4.78 is 15.7. The summed E-state index contributed by atoms with van der Waals surface area (Å²) in [7, 11) is 0. The van der Waals surface area contributed by atoms with Gasteiger partial charge in [-0.15, -0.1) is 0 Å². The molecule has 0 aliphatic heterocycles. The van der Waals surface area contributed by atoms with Crippen molar-refractivity contribution < 1.29 is 9.18 Å². The second-order valence-corrected chi connectivity index (χ2v) is 6.89. The number of aromatic nitrogens is 2. The summed E-state index contributed by atoms with van der Waals surface area (Å²) in [4.78, 5) is 12.1. The minimum atomic E-state index is -0.467. The zero-order valence-corrected chi connectivity index (χ0v) is 16.5. The Kier molecular flexibility index (Phi) is 6.26.